The Morgan fingerprint density at radius 1 is 1.26 bits per heavy atom. The molecule has 0 saturated heterocycles. The van der Waals surface area contributed by atoms with Crippen molar-refractivity contribution in [3.8, 4) is 11.8 Å². The number of hydrogen-bond donors (Lipinski definition) is 1. The van der Waals surface area contributed by atoms with Crippen LogP contribution in [-0.4, -0.2) is 52.9 Å². The smallest absolute Gasteiger partial charge is 0.302 e. The summed E-state index contributed by atoms with van der Waals surface area (Å²) in [5.41, 5.74) is 3.66. The number of allylic oxidation sites excluding steroid dienone is 2. The summed E-state index contributed by atoms with van der Waals surface area (Å²) in [6.45, 7) is 1.69. The summed E-state index contributed by atoms with van der Waals surface area (Å²) in [6, 6.07) is 9.45. The van der Waals surface area contributed by atoms with Gasteiger partial charge in [0.2, 0.25) is 0 Å². The lowest BCUT2D eigenvalue weighted by atomic mass is 9.92. The maximum Gasteiger partial charge on any atom is 0.302 e. The van der Waals surface area contributed by atoms with Crippen LogP contribution in [0, 0.1) is 5.92 Å². The van der Waals surface area contributed by atoms with Crippen LogP contribution in [0.15, 0.2) is 76.4 Å². The molecule has 1 N–H and O–H groups in total. The lowest BCUT2D eigenvalue weighted by molar-refractivity contribution is 0.376. The number of hydrazone groups is 1. The van der Waals surface area contributed by atoms with E-state index in [4.69, 9.17) is 4.74 Å². The van der Waals surface area contributed by atoms with E-state index in [1.54, 1.807) is 18.5 Å². The van der Waals surface area contributed by atoms with E-state index < -0.39 is 0 Å². The van der Waals surface area contributed by atoms with Gasteiger partial charge >= 0.3 is 6.01 Å². The van der Waals surface area contributed by atoms with Crippen molar-refractivity contribution in [2.24, 2.45) is 11.0 Å². The van der Waals surface area contributed by atoms with Crippen LogP contribution in [0.4, 0.5) is 5.69 Å². The average Bonchev–Trinajstić information content (AvgIpc) is 3.15. The number of rotatable bonds is 5. The van der Waals surface area contributed by atoms with Crippen molar-refractivity contribution in [3.63, 3.8) is 0 Å². The van der Waals surface area contributed by atoms with E-state index in [0.29, 0.717) is 22.6 Å². The second-order valence-electron chi connectivity index (χ2n) is 7.72. The summed E-state index contributed by atoms with van der Waals surface area (Å²) in [5.74, 6) is 0.964. The second-order valence-corrected chi connectivity index (χ2v) is 7.72. The highest BCUT2D eigenvalue weighted by atomic mass is 16.5. The van der Waals surface area contributed by atoms with Gasteiger partial charge in [0.15, 0.2) is 0 Å². The van der Waals surface area contributed by atoms with Crippen LogP contribution in [0.2, 0.25) is 0 Å². The predicted octanol–water partition coefficient (Wildman–Crippen LogP) is 2.96. The van der Waals surface area contributed by atoms with Crippen molar-refractivity contribution < 1.29 is 4.74 Å². The maximum atomic E-state index is 12.2. The van der Waals surface area contributed by atoms with E-state index in [1.807, 2.05) is 36.3 Å². The Morgan fingerprint density at radius 3 is 2.94 bits per heavy atom. The third-order valence-corrected chi connectivity index (χ3v) is 5.45. The lowest BCUT2D eigenvalue weighted by Gasteiger charge is -2.23. The predicted molar refractivity (Wildman–Crippen MR) is 121 cm³/mol. The summed E-state index contributed by atoms with van der Waals surface area (Å²) in [7, 11) is 4.06. The highest BCUT2D eigenvalue weighted by Gasteiger charge is 2.27. The van der Waals surface area contributed by atoms with Gasteiger partial charge in [-0.05, 0) is 35.9 Å². The van der Waals surface area contributed by atoms with Crippen LogP contribution in [-0.2, 0) is 0 Å². The Kier molecular flexibility index (Phi) is 4.74. The number of aromatic amines is 1. The molecule has 8 heteroatoms. The van der Waals surface area contributed by atoms with E-state index in [-0.39, 0.29) is 11.6 Å². The minimum Gasteiger partial charge on any atom is -0.426 e. The SMILES string of the molecule is CN1CC2C=CC=C(CN(C)c3ccc(Oc4nc5cnccc5c(=O)[nH]4)cc3)C2=N1. The summed E-state index contributed by atoms with van der Waals surface area (Å²) in [4.78, 5) is 25.4. The molecule has 1 atom stereocenters. The van der Waals surface area contributed by atoms with Gasteiger partial charge in [-0.3, -0.25) is 19.8 Å². The molecule has 3 aromatic rings. The van der Waals surface area contributed by atoms with Crippen LogP contribution >= 0.6 is 0 Å². The molecule has 2 aliphatic rings. The maximum absolute atomic E-state index is 12.2. The number of ether oxygens (including phenoxy) is 1. The summed E-state index contributed by atoms with van der Waals surface area (Å²) in [5, 5.41) is 7.15. The van der Waals surface area contributed by atoms with Crippen molar-refractivity contribution in [1.29, 1.82) is 0 Å². The van der Waals surface area contributed by atoms with Gasteiger partial charge in [-0.2, -0.15) is 10.1 Å². The number of fused-ring (bicyclic) bond motifs is 2. The van der Waals surface area contributed by atoms with Crippen LogP contribution in [0.1, 0.15) is 0 Å². The number of nitrogens with zero attached hydrogens (tertiary/aromatic N) is 5. The third-order valence-electron chi connectivity index (χ3n) is 5.45. The largest absolute Gasteiger partial charge is 0.426 e. The third kappa shape index (κ3) is 3.79. The van der Waals surface area contributed by atoms with Crippen molar-refractivity contribution in [3.05, 3.63) is 76.9 Å². The first-order valence-electron chi connectivity index (χ1n) is 10.1. The molecule has 0 spiro atoms. The van der Waals surface area contributed by atoms with Gasteiger partial charge in [0.1, 0.15) is 5.75 Å². The molecule has 5 rings (SSSR count). The van der Waals surface area contributed by atoms with E-state index in [2.05, 4.69) is 50.2 Å². The molecular weight excluding hydrogens is 392 g/mol. The van der Waals surface area contributed by atoms with Crippen molar-refractivity contribution in [1.82, 2.24) is 20.0 Å². The highest BCUT2D eigenvalue weighted by Crippen LogP contribution is 2.26. The number of aromatic nitrogens is 3. The van der Waals surface area contributed by atoms with E-state index >= 15 is 0 Å². The van der Waals surface area contributed by atoms with E-state index in [0.717, 1.165) is 24.5 Å². The average molecular weight is 414 g/mol. The summed E-state index contributed by atoms with van der Waals surface area (Å²) < 4.78 is 5.76. The molecule has 1 aliphatic heterocycles. The van der Waals surface area contributed by atoms with Gasteiger partial charge in [0.05, 0.1) is 22.8 Å². The molecule has 3 heterocycles. The number of hydrogen-bond acceptors (Lipinski definition) is 7. The molecule has 0 fully saturated rings. The molecule has 1 unspecified atom stereocenters. The molecule has 0 radical (unpaired) electrons. The Labute approximate surface area is 179 Å². The zero-order chi connectivity index (χ0) is 21.4. The molecule has 0 bridgehead atoms. The molecular formula is C23H22N6O2. The van der Waals surface area contributed by atoms with Gasteiger partial charge in [0.25, 0.3) is 5.56 Å². The molecule has 2 aromatic heterocycles. The van der Waals surface area contributed by atoms with Crippen molar-refractivity contribution in [2.75, 3.05) is 32.1 Å². The molecule has 8 nitrogen and oxygen atoms in total. The van der Waals surface area contributed by atoms with E-state index in [9.17, 15) is 4.79 Å². The van der Waals surface area contributed by atoms with Crippen LogP contribution in [0.5, 0.6) is 11.8 Å². The number of anilines is 1. The van der Waals surface area contributed by atoms with Gasteiger partial charge in [-0.25, -0.2) is 0 Å². The van der Waals surface area contributed by atoms with Crippen LogP contribution in [0.25, 0.3) is 10.9 Å². The Bertz CT molecular complexity index is 1280. The Hall–Kier alpha value is -3.94. The topological polar surface area (TPSA) is 86.7 Å². The second kappa shape index (κ2) is 7.71. The number of pyridine rings is 1. The standard InChI is InChI=1S/C23H22N6O2/c1-28(13-15-4-3-5-16-14-29(2)27-21(15)16)17-6-8-18(9-7-17)31-23-25-20-12-24-11-10-19(20)22(30)26-23/h3-12,16H,13-14H2,1-2H3,(H,25,26,30). The van der Waals surface area contributed by atoms with Gasteiger partial charge in [0, 0.05) is 45.0 Å². The molecule has 1 aliphatic carbocycles. The first kappa shape index (κ1) is 19.0. The number of H-pyrrole nitrogens is 1. The Balaban J connectivity index is 1.30. The first-order valence-corrected chi connectivity index (χ1v) is 10.1. The highest BCUT2D eigenvalue weighted by molar-refractivity contribution is 6.05. The van der Waals surface area contributed by atoms with Crippen molar-refractivity contribution in [2.45, 2.75) is 0 Å². The quantitative estimate of drug-likeness (QED) is 0.691. The zero-order valence-corrected chi connectivity index (χ0v) is 17.3. The minimum atomic E-state index is -0.257. The van der Waals surface area contributed by atoms with Gasteiger partial charge < -0.3 is 9.64 Å². The summed E-state index contributed by atoms with van der Waals surface area (Å²) in [6.07, 6.45) is 9.57. The zero-order valence-electron chi connectivity index (χ0n) is 17.3. The van der Waals surface area contributed by atoms with Crippen LogP contribution in [0.3, 0.4) is 0 Å². The normalized spacial score (nSPS) is 17.4. The number of likely N-dealkylation sites (N-methyl/N-ethyl adjacent to an activating group) is 1. The fourth-order valence-electron chi connectivity index (χ4n) is 3.89. The fourth-order valence-corrected chi connectivity index (χ4v) is 3.89. The van der Waals surface area contributed by atoms with Crippen LogP contribution < -0.4 is 15.2 Å². The van der Waals surface area contributed by atoms with E-state index in [1.165, 1.54) is 5.57 Å². The lowest BCUT2D eigenvalue weighted by Crippen LogP contribution is -2.27. The Morgan fingerprint density at radius 2 is 2.10 bits per heavy atom. The van der Waals surface area contributed by atoms with Gasteiger partial charge in [-0.1, -0.05) is 18.2 Å². The van der Waals surface area contributed by atoms with Crippen molar-refractivity contribution >= 4 is 22.3 Å². The number of benzene rings is 1. The molecule has 156 valence electrons. The fraction of sp³-hybridized carbons (Fsp3) is 0.217. The minimum absolute atomic E-state index is 0.139. The first-order chi connectivity index (χ1) is 15.1. The molecule has 1 aromatic carbocycles. The molecule has 0 saturated carbocycles. The number of nitrogens with one attached hydrogen (secondary N) is 1. The monoisotopic (exact) mass is 414 g/mol. The molecule has 0 amide bonds. The summed E-state index contributed by atoms with van der Waals surface area (Å²) >= 11 is 0. The molecule has 31 heavy (non-hydrogen) atoms. The van der Waals surface area contributed by atoms with Gasteiger partial charge in [-0.15, -0.1) is 0 Å².